The SMILES string of the molecule is O=COCc1noc2c1CCc1cc(C=O)ccc1-2. The lowest BCUT2D eigenvalue weighted by Crippen LogP contribution is -2.05. The minimum absolute atomic E-state index is 0.129. The molecule has 1 heterocycles. The van der Waals surface area contributed by atoms with Crippen molar-refractivity contribution in [1.82, 2.24) is 5.16 Å². The molecule has 0 atom stereocenters. The van der Waals surface area contributed by atoms with E-state index in [9.17, 15) is 9.59 Å². The lowest BCUT2D eigenvalue weighted by atomic mass is 9.88. The molecular formula is C14H11NO4. The molecule has 0 unspecified atom stereocenters. The molecule has 0 radical (unpaired) electrons. The second kappa shape index (κ2) is 4.68. The van der Waals surface area contributed by atoms with Gasteiger partial charge in [0.1, 0.15) is 18.6 Å². The standard InChI is InChI=1S/C14H11NO4/c16-6-9-1-3-11-10(5-9)2-4-12-13(7-18-8-17)15-19-14(11)12/h1,3,5-6,8H,2,4,7H2. The summed E-state index contributed by atoms with van der Waals surface area (Å²) in [6, 6.07) is 5.49. The number of fused-ring (bicyclic) bond motifs is 3. The monoisotopic (exact) mass is 257 g/mol. The van der Waals surface area contributed by atoms with E-state index >= 15 is 0 Å². The van der Waals surface area contributed by atoms with Gasteiger partial charge < -0.3 is 9.26 Å². The largest absolute Gasteiger partial charge is 0.461 e. The maximum Gasteiger partial charge on any atom is 0.293 e. The predicted octanol–water partition coefficient (Wildman–Crippen LogP) is 1.93. The topological polar surface area (TPSA) is 69.4 Å². The predicted molar refractivity (Wildman–Crippen MR) is 65.6 cm³/mol. The summed E-state index contributed by atoms with van der Waals surface area (Å²) in [5, 5.41) is 3.95. The molecule has 96 valence electrons. The molecule has 0 amide bonds. The number of aldehydes is 1. The summed E-state index contributed by atoms with van der Waals surface area (Å²) in [5.74, 6) is 0.711. The van der Waals surface area contributed by atoms with Gasteiger partial charge in [0.2, 0.25) is 0 Å². The number of aryl methyl sites for hydroxylation is 1. The van der Waals surface area contributed by atoms with Gasteiger partial charge in [-0.25, -0.2) is 0 Å². The van der Waals surface area contributed by atoms with Gasteiger partial charge in [-0.2, -0.15) is 0 Å². The minimum Gasteiger partial charge on any atom is -0.461 e. The fourth-order valence-corrected chi connectivity index (χ4v) is 2.41. The van der Waals surface area contributed by atoms with Gasteiger partial charge in [0.05, 0.1) is 0 Å². The van der Waals surface area contributed by atoms with Gasteiger partial charge in [-0.15, -0.1) is 0 Å². The fraction of sp³-hybridized carbons (Fsp3) is 0.214. The Balaban J connectivity index is 2.02. The van der Waals surface area contributed by atoms with E-state index in [4.69, 9.17) is 9.26 Å². The molecule has 1 aliphatic carbocycles. The number of carbonyl (C=O) groups is 2. The molecule has 1 aliphatic rings. The average molecular weight is 257 g/mol. The highest BCUT2D eigenvalue weighted by Gasteiger charge is 2.24. The average Bonchev–Trinajstić information content (AvgIpc) is 2.87. The van der Waals surface area contributed by atoms with Gasteiger partial charge in [0, 0.05) is 16.7 Å². The smallest absolute Gasteiger partial charge is 0.293 e. The zero-order valence-electron chi connectivity index (χ0n) is 10.1. The van der Waals surface area contributed by atoms with Crippen molar-refractivity contribution >= 4 is 12.8 Å². The highest BCUT2D eigenvalue weighted by molar-refractivity contribution is 5.79. The number of carbonyl (C=O) groups excluding carboxylic acids is 2. The summed E-state index contributed by atoms with van der Waals surface area (Å²) in [7, 11) is 0. The van der Waals surface area contributed by atoms with Gasteiger partial charge in [-0.05, 0) is 24.5 Å². The Bertz CT molecular complexity index is 645. The molecule has 0 fully saturated rings. The van der Waals surface area contributed by atoms with Crippen LogP contribution in [-0.2, 0) is 29.0 Å². The van der Waals surface area contributed by atoms with Crippen LogP contribution in [0.1, 0.15) is 27.2 Å². The Morgan fingerprint density at radius 1 is 1.32 bits per heavy atom. The van der Waals surface area contributed by atoms with Gasteiger partial charge in [-0.3, -0.25) is 9.59 Å². The van der Waals surface area contributed by atoms with Crippen LogP contribution >= 0.6 is 0 Å². The molecule has 0 N–H and O–H groups in total. The Morgan fingerprint density at radius 3 is 3.00 bits per heavy atom. The molecule has 0 bridgehead atoms. The van der Waals surface area contributed by atoms with E-state index in [1.54, 1.807) is 6.07 Å². The molecule has 19 heavy (non-hydrogen) atoms. The quantitative estimate of drug-likeness (QED) is 0.783. The van der Waals surface area contributed by atoms with Crippen LogP contribution in [-0.4, -0.2) is 17.9 Å². The van der Waals surface area contributed by atoms with E-state index in [1.165, 1.54) is 0 Å². The fourth-order valence-electron chi connectivity index (χ4n) is 2.41. The summed E-state index contributed by atoms with van der Waals surface area (Å²) >= 11 is 0. The van der Waals surface area contributed by atoms with Crippen molar-refractivity contribution in [1.29, 1.82) is 0 Å². The number of benzene rings is 1. The van der Waals surface area contributed by atoms with Crippen molar-refractivity contribution in [2.75, 3.05) is 0 Å². The first kappa shape index (κ1) is 11.6. The normalized spacial score (nSPS) is 12.4. The first-order chi connectivity index (χ1) is 9.33. The van der Waals surface area contributed by atoms with Crippen molar-refractivity contribution in [2.45, 2.75) is 19.4 Å². The van der Waals surface area contributed by atoms with Crippen molar-refractivity contribution in [3.8, 4) is 11.3 Å². The van der Waals surface area contributed by atoms with Gasteiger partial charge in [0.25, 0.3) is 6.47 Å². The van der Waals surface area contributed by atoms with Crippen molar-refractivity contribution in [2.24, 2.45) is 0 Å². The van der Waals surface area contributed by atoms with E-state index < -0.39 is 0 Å². The van der Waals surface area contributed by atoms with E-state index in [0.29, 0.717) is 23.5 Å². The van der Waals surface area contributed by atoms with E-state index in [1.807, 2.05) is 12.1 Å². The van der Waals surface area contributed by atoms with E-state index in [0.717, 1.165) is 35.8 Å². The van der Waals surface area contributed by atoms with Gasteiger partial charge in [-0.1, -0.05) is 17.3 Å². The lowest BCUT2D eigenvalue weighted by Gasteiger charge is -2.15. The van der Waals surface area contributed by atoms with Crippen LogP contribution in [0.15, 0.2) is 22.7 Å². The van der Waals surface area contributed by atoms with Gasteiger partial charge >= 0.3 is 0 Å². The molecule has 3 rings (SSSR count). The first-order valence-electron chi connectivity index (χ1n) is 5.94. The Morgan fingerprint density at radius 2 is 2.21 bits per heavy atom. The minimum atomic E-state index is 0.129. The number of aromatic nitrogens is 1. The van der Waals surface area contributed by atoms with Crippen LogP contribution in [0.3, 0.4) is 0 Å². The number of hydrogen-bond donors (Lipinski definition) is 0. The van der Waals surface area contributed by atoms with Crippen LogP contribution in [0.2, 0.25) is 0 Å². The highest BCUT2D eigenvalue weighted by atomic mass is 16.5. The number of nitrogens with zero attached hydrogens (tertiary/aromatic N) is 1. The van der Waals surface area contributed by atoms with Crippen LogP contribution < -0.4 is 0 Å². The van der Waals surface area contributed by atoms with E-state index in [2.05, 4.69) is 5.16 Å². The van der Waals surface area contributed by atoms with E-state index in [-0.39, 0.29) is 6.61 Å². The molecule has 0 saturated carbocycles. The Kier molecular flexibility index (Phi) is 2.87. The molecule has 0 saturated heterocycles. The number of rotatable bonds is 4. The molecule has 0 aliphatic heterocycles. The van der Waals surface area contributed by atoms with Crippen molar-refractivity contribution < 1.29 is 18.8 Å². The van der Waals surface area contributed by atoms with Crippen LogP contribution in [0.4, 0.5) is 0 Å². The molecule has 0 spiro atoms. The molecule has 5 nitrogen and oxygen atoms in total. The Labute approximate surface area is 109 Å². The summed E-state index contributed by atoms with van der Waals surface area (Å²) in [5.41, 5.74) is 4.33. The maximum atomic E-state index is 10.8. The molecule has 2 aromatic rings. The van der Waals surface area contributed by atoms with Gasteiger partial charge in [0.15, 0.2) is 5.76 Å². The van der Waals surface area contributed by atoms with Crippen LogP contribution in [0.5, 0.6) is 0 Å². The van der Waals surface area contributed by atoms with Crippen LogP contribution in [0, 0.1) is 0 Å². The summed E-state index contributed by atoms with van der Waals surface area (Å²) < 4.78 is 10.1. The lowest BCUT2D eigenvalue weighted by molar-refractivity contribution is -0.129. The summed E-state index contributed by atoms with van der Waals surface area (Å²) in [4.78, 5) is 21.0. The second-order valence-corrected chi connectivity index (χ2v) is 4.38. The number of hydrogen-bond acceptors (Lipinski definition) is 5. The molecule has 1 aromatic heterocycles. The second-order valence-electron chi connectivity index (χ2n) is 4.38. The molecular weight excluding hydrogens is 246 g/mol. The molecule has 1 aromatic carbocycles. The Hall–Kier alpha value is -2.43. The van der Waals surface area contributed by atoms with Crippen molar-refractivity contribution in [3.63, 3.8) is 0 Å². The summed E-state index contributed by atoms with van der Waals surface area (Å²) in [6.45, 7) is 0.526. The number of ether oxygens (including phenoxy) is 1. The zero-order valence-corrected chi connectivity index (χ0v) is 10.1. The maximum absolute atomic E-state index is 10.8. The highest BCUT2D eigenvalue weighted by Crippen LogP contribution is 2.35. The third-order valence-corrected chi connectivity index (χ3v) is 3.31. The van der Waals surface area contributed by atoms with Crippen molar-refractivity contribution in [3.05, 3.63) is 40.6 Å². The first-order valence-corrected chi connectivity index (χ1v) is 5.94. The summed E-state index contributed by atoms with van der Waals surface area (Å²) in [6.07, 6.45) is 2.42. The third-order valence-electron chi connectivity index (χ3n) is 3.31. The third kappa shape index (κ3) is 1.93. The molecule has 5 heteroatoms. The zero-order chi connectivity index (χ0) is 13.2. The van der Waals surface area contributed by atoms with Crippen LogP contribution in [0.25, 0.3) is 11.3 Å².